The third-order valence-electron chi connectivity index (χ3n) is 5.58. The van der Waals surface area contributed by atoms with Crippen molar-refractivity contribution in [3.8, 4) is 5.75 Å². The lowest BCUT2D eigenvalue weighted by Crippen LogP contribution is -2.43. The van der Waals surface area contributed by atoms with E-state index in [2.05, 4.69) is 15.4 Å². The zero-order chi connectivity index (χ0) is 24.6. The van der Waals surface area contributed by atoms with E-state index in [1.807, 2.05) is 0 Å². The standard InChI is InChI=1S/C22H30N3O6PS2/c26-22(18-6-8-19(9-7-18)31-15-12-17-10-13-23-14-11-17)24-16-21(32(27,28)33)25-34(29,30)20-4-2-1-3-5-20/h1-9,17,21,23,25H,10-16H2,(H,24,26)(H2,27,28,33)/t21-/m0/s1. The summed E-state index contributed by atoms with van der Waals surface area (Å²) >= 11 is 4.72. The molecular formula is C22H30N3O6PS2. The number of ether oxygens (including phenoxy) is 1. The molecule has 0 spiro atoms. The van der Waals surface area contributed by atoms with Gasteiger partial charge >= 0.3 is 0 Å². The SMILES string of the molecule is O=C(NC[C@@H](NS(=O)(=O)c1ccccc1)P(O)(O)=S)c1ccc(OCCC2CCNCC2)cc1. The summed E-state index contributed by atoms with van der Waals surface area (Å²) < 4.78 is 33.0. The minimum Gasteiger partial charge on any atom is -0.494 e. The third-order valence-corrected chi connectivity index (χ3v) is 9.13. The Hall–Kier alpha value is -1.85. The fourth-order valence-electron chi connectivity index (χ4n) is 3.58. The molecule has 34 heavy (non-hydrogen) atoms. The molecule has 0 saturated carbocycles. The Morgan fingerprint density at radius 1 is 1.12 bits per heavy atom. The largest absolute Gasteiger partial charge is 0.494 e. The van der Waals surface area contributed by atoms with E-state index in [0.29, 0.717) is 23.8 Å². The van der Waals surface area contributed by atoms with Gasteiger partial charge in [0, 0.05) is 12.1 Å². The van der Waals surface area contributed by atoms with Crippen LogP contribution in [-0.2, 0) is 21.8 Å². The fourth-order valence-corrected chi connectivity index (χ4v) is 6.58. The molecule has 0 aliphatic carbocycles. The quantitative estimate of drug-likeness (QED) is 0.279. The number of nitrogens with one attached hydrogen (secondary N) is 3. The van der Waals surface area contributed by atoms with Crippen molar-refractivity contribution in [2.24, 2.45) is 5.92 Å². The second-order valence-electron chi connectivity index (χ2n) is 8.10. The maximum absolute atomic E-state index is 12.5. The van der Waals surface area contributed by atoms with E-state index in [1.54, 1.807) is 42.5 Å². The lowest BCUT2D eigenvalue weighted by atomic mass is 9.95. The minimum atomic E-state index is -4.07. The Labute approximate surface area is 205 Å². The fraction of sp³-hybridized carbons (Fsp3) is 0.409. The van der Waals surface area contributed by atoms with Crippen molar-refractivity contribution in [2.45, 2.75) is 29.9 Å². The summed E-state index contributed by atoms with van der Waals surface area (Å²) in [6, 6.07) is 14.0. The van der Waals surface area contributed by atoms with Crippen molar-refractivity contribution in [3.63, 3.8) is 0 Å². The summed E-state index contributed by atoms with van der Waals surface area (Å²) in [6.07, 6.45) is 3.29. The molecule has 3 rings (SSSR count). The summed E-state index contributed by atoms with van der Waals surface area (Å²) in [4.78, 5) is 32.4. The molecule has 1 aliphatic heterocycles. The molecule has 5 N–H and O–H groups in total. The highest BCUT2D eigenvalue weighted by molar-refractivity contribution is 8.09. The van der Waals surface area contributed by atoms with Gasteiger partial charge in [0.25, 0.3) is 5.91 Å². The summed E-state index contributed by atoms with van der Waals surface area (Å²) in [6.45, 7) is -1.75. The Morgan fingerprint density at radius 3 is 2.38 bits per heavy atom. The molecule has 1 fully saturated rings. The summed E-state index contributed by atoms with van der Waals surface area (Å²) in [7, 11) is -4.06. The van der Waals surface area contributed by atoms with Crippen LogP contribution in [0.1, 0.15) is 29.6 Å². The van der Waals surface area contributed by atoms with Crippen LogP contribution in [0.25, 0.3) is 0 Å². The van der Waals surface area contributed by atoms with E-state index in [9.17, 15) is 23.0 Å². The number of hydrogen-bond acceptors (Lipinski definition) is 6. The van der Waals surface area contributed by atoms with Gasteiger partial charge in [-0.2, -0.15) is 4.72 Å². The molecular weight excluding hydrogens is 497 g/mol. The zero-order valence-corrected chi connectivity index (χ0v) is 21.1. The number of benzene rings is 2. The maximum Gasteiger partial charge on any atom is 0.251 e. The molecule has 2 aromatic rings. The lowest BCUT2D eigenvalue weighted by Gasteiger charge is -2.23. The molecule has 1 saturated heterocycles. The third kappa shape index (κ3) is 8.13. The van der Waals surface area contributed by atoms with E-state index in [0.717, 1.165) is 32.4 Å². The number of carbonyl (C=O) groups is 1. The first-order valence-electron chi connectivity index (χ1n) is 11.0. The number of piperidine rings is 1. The highest BCUT2D eigenvalue weighted by Gasteiger charge is 2.30. The van der Waals surface area contributed by atoms with Gasteiger partial charge in [0.1, 0.15) is 11.5 Å². The molecule has 0 radical (unpaired) electrons. The van der Waals surface area contributed by atoms with Gasteiger partial charge in [-0.1, -0.05) is 18.2 Å². The lowest BCUT2D eigenvalue weighted by molar-refractivity contribution is 0.0953. The topological polar surface area (TPSA) is 137 Å². The van der Waals surface area contributed by atoms with E-state index in [1.165, 1.54) is 12.1 Å². The molecule has 1 heterocycles. The smallest absolute Gasteiger partial charge is 0.251 e. The maximum atomic E-state index is 12.5. The number of sulfonamides is 1. The van der Waals surface area contributed by atoms with Crippen molar-refractivity contribution < 1.29 is 27.7 Å². The second kappa shape index (κ2) is 12.2. The van der Waals surface area contributed by atoms with E-state index >= 15 is 0 Å². The van der Waals surface area contributed by atoms with Crippen molar-refractivity contribution >= 4 is 34.2 Å². The predicted molar refractivity (Wildman–Crippen MR) is 134 cm³/mol. The minimum absolute atomic E-state index is 0.0504. The number of rotatable bonds is 11. The Balaban J connectivity index is 1.53. The molecule has 0 unspecified atom stereocenters. The average molecular weight is 528 g/mol. The van der Waals surface area contributed by atoms with Crippen LogP contribution in [0.2, 0.25) is 0 Å². The van der Waals surface area contributed by atoms with E-state index in [4.69, 9.17) is 16.5 Å². The van der Waals surface area contributed by atoms with Crippen molar-refractivity contribution in [3.05, 3.63) is 60.2 Å². The van der Waals surface area contributed by atoms with Crippen molar-refractivity contribution in [1.82, 2.24) is 15.4 Å². The van der Waals surface area contributed by atoms with Crippen molar-refractivity contribution in [1.29, 1.82) is 0 Å². The van der Waals surface area contributed by atoms with Gasteiger partial charge in [-0.25, -0.2) is 8.42 Å². The van der Waals surface area contributed by atoms with Gasteiger partial charge in [-0.15, -0.1) is 0 Å². The summed E-state index contributed by atoms with van der Waals surface area (Å²) in [5, 5.41) is 5.85. The van der Waals surface area contributed by atoms with Crippen LogP contribution in [0.5, 0.6) is 5.75 Å². The second-order valence-corrected chi connectivity index (χ2v) is 13.2. The first-order valence-corrected chi connectivity index (χ1v) is 15.3. The predicted octanol–water partition coefficient (Wildman–Crippen LogP) is 1.78. The zero-order valence-electron chi connectivity index (χ0n) is 18.6. The van der Waals surface area contributed by atoms with Crippen LogP contribution in [0.3, 0.4) is 0 Å². The van der Waals surface area contributed by atoms with Gasteiger partial charge in [-0.3, -0.25) is 4.79 Å². The molecule has 186 valence electrons. The number of amides is 1. The van der Waals surface area contributed by atoms with Gasteiger partial charge in [0.2, 0.25) is 16.5 Å². The van der Waals surface area contributed by atoms with Crippen LogP contribution in [0.4, 0.5) is 0 Å². The molecule has 0 aromatic heterocycles. The molecule has 1 amide bonds. The highest BCUT2D eigenvalue weighted by Crippen LogP contribution is 2.40. The van der Waals surface area contributed by atoms with Crippen molar-refractivity contribution in [2.75, 3.05) is 26.2 Å². The average Bonchev–Trinajstić information content (AvgIpc) is 2.82. The molecule has 1 atom stereocenters. The van der Waals surface area contributed by atoms with Gasteiger partial charge in [-0.05, 0) is 86.5 Å². The first-order chi connectivity index (χ1) is 16.1. The van der Waals surface area contributed by atoms with Gasteiger partial charge < -0.3 is 25.2 Å². The number of hydrogen-bond donors (Lipinski definition) is 5. The summed E-state index contributed by atoms with van der Waals surface area (Å²) in [5.41, 5.74) is 0.319. The monoisotopic (exact) mass is 527 g/mol. The molecule has 0 bridgehead atoms. The van der Waals surface area contributed by atoms with Crippen LogP contribution in [0, 0.1) is 5.92 Å². The van der Waals surface area contributed by atoms with Crippen LogP contribution < -0.4 is 20.1 Å². The summed E-state index contributed by atoms with van der Waals surface area (Å²) in [5.74, 6) is -0.640. The molecule has 12 heteroatoms. The van der Waals surface area contributed by atoms with Gasteiger partial charge in [0.15, 0.2) is 0 Å². The van der Waals surface area contributed by atoms with Crippen LogP contribution in [-0.4, -0.2) is 56.1 Å². The van der Waals surface area contributed by atoms with E-state index < -0.39 is 28.2 Å². The molecule has 2 aromatic carbocycles. The Bertz CT molecular complexity index is 1090. The first kappa shape index (κ1) is 26.7. The highest BCUT2D eigenvalue weighted by atomic mass is 32.5. The Morgan fingerprint density at radius 2 is 1.76 bits per heavy atom. The van der Waals surface area contributed by atoms with Crippen LogP contribution >= 0.6 is 6.49 Å². The molecule has 1 aliphatic rings. The van der Waals surface area contributed by atoms with E-state index in [-0.39, 0.29) is 11.4 Å². The molecule has 9 nitrogen and oxygen atoms in total. The normalized spacial score (nSPS) is 16.1. The Kier molecular flexibility index (Phi) is 9.61. The van der Waals surface area contributed by atoms with Crippen LogP contribution in [0.15, 0.2) is 59.5 Å². The number of carbonyl (C=O) groups excluding carboxylic acids is 1. The van der Waals surface area contributed by atoms with Gasteiger partial charge in [0.05, 0.1) is 11.5 Å².